The number of rotatable bonds is 7. The zero-order valence-electron chi connectivity index (χ0n) is 16.8. The molecule has 0 saturated heterocycles. The van der Waals surface area contributed by atoms with E-state index in [1.54, 1.807) is 31.3 Å². The number of carbonyl (C=O) groups is 2. The molecule has 2 aliphatic rings. The van der Waals surface area contributed by atoms with Gasteiger partial charge in [0.15, 0.2) is 17.5 Å². The van der Waals surface area contributed by atoms with Gasteiger partial charge < -0.3 is 20.1 Å². The predicted molar refractivity (Wildman–Crippen MR) is 112 cm³/mol. The van der Waals surface area contributed by atoms with E-state index in [0.717, 1.165) is 29.9 Å². The number of aliphatic imine (C=N–C) groups is 1. The summed E-state index contributed by atoms with van der Waals surface area (Å²) < 4.78 is 10.7. The molecule has 2 amide bonds. The number of carbonyl (C=O) groups excluding carboxylic acids is 2. The van der Waals surface area contributed by atoms with Crippen molar-refractivity contribution in [1.29, 1.82) is 0 Å². The molecule has 0 saturated carbocycles. The number of nitrogens with zero attached hydrogens (tertiary/aromatic N) is 2. The van der Waals surface area contributed by atoms with Gasteiger partial charge in [0, 0.05) is 26.7 Å². The molecule has 2 aromatic rings. The molecule has 0 spiro atoms. The van der Waals surface area contributed by atoms with Crippen molar-refractivity contribution in [3.05, 3.63) is 59.2 Å². The number of imide groups is 1. The zero-order valence-corrected chi connectivity index (χ0v) is 16.8. The Morgan fingerprint density at radius 2 is 1.73 bits per heavy atom. The van der Waals surface area contributed by atoms with Gasteiger partial charge in [0.25, 0.3) is 11.8 Å². The molecule has 0 radical (unpaired) electrons. The number of hydrogen-bond donors (Lipinski definition) is 2. The molecule has 0 fully saturated rings. The third-order valence-corrected chi connectivity index (χ3v) is 5.10. The molecule has 0 atom stereocenters. The number of guanidine groups is 1. The average molecular weight is 408 g/mol. The first-order chi connectivity index (χ1) is 14.7. The summed E-state index contributed by atoms with van der Waals surface area (Å²) in [5.41, 5.74) is 2.05. The van der Waals surface area contributed by atoms with Gasteiger partial charge in [0.05, 0.1) is 11.1 Å². The molecule has 4 rings (SSSR count). The van der Waals surface area contributed by atoms with Gasteiger partial charge in [0.1, 0.15) is 0 Å². The summed E-state index contributed by atoms with van der Waals surface area (Å²) in [5, 5.41) is 6.51. The number of amides is 2. The van der Waals surface area contributed by atoms with Crippen LogP contribution in [0.1, 0.15) is 39.1 Å². The lowest BCUT2D eigenvalue weighted by Crippen LogP contribution is -2.37. The maximum absolute atomic E-state index is 12.4. The molecule has 0 aliphatic carbocycles. The van der Waals surface area contributed by atoms with E-state index in [2.05, 4.69) is 15.6 Å². The Labute approximate surface area is 174 Å². The highest BCUT2D eigenvalue weighted by molar-refractivity contribution is 6.21. The van der Waals surface area contributed by atoms with Crippen LogP contribution in [0.5, 0.6) is 11.5 Å². The first-order valence-corrected chi connectivity index (χ1v) is 9.95. The summed E-state index contributed by atoms with van der Waals surface area (Å²) >= 11 is 0. The Bertz CT molecular complexity index is 954. The minimum atomic E-state index is -0.204. The summed E-state index contributed by atoms with van der Waals surface area (Å²) in [7, 11) is 1.72. The molecule has 0 unspecified atom stereocenters. The summed E-state index contributed by atoms with van der Waals surface area (Å²) in [4.78, 5) is 30.3. The first-order valence-electron chi connectivity index (χ1n) is 9.95. The summed E-state index contributed by atoms with van der Waals surface area (Å²) in [6.45, 7) is 1.96. The Morgan fingerprint density at radius 3 is 2.47 bits per heavy atom. The van der Waals surface area contributed by atoms with Gasteiger partial charge in [-0.1, -0.05) is 18.2 Å². The summed E-state index contributed by atoms with van der Waals surface area (Å²) in [6, 6.07) is 12.8. The van der Waals surface area contributed by atoms with Crippen LogP contribution in [0.4, 0.5) is 0 Å². The maximum atomic E-state index is 12.4. The van der Waals surface area contributed by atoms with Crippen LogP contribution in [0, 0.1) is 0 Å². The fourth-order valence-electron chi connectivity index (χ4n) is 3.50. The van der Waals surface area contributed by atoms with Crippen molar-refractivity contribution < 1.29 is 19.1 Å². The third-order valence-electron chi connectivity index (χ3n) is 5.10. The molecular formula is C22H24N4O4. The second-order valence-electron chi connectivity index (χ2n) is 7.05. The molecule has 0 bridgehead atoms. The smallest absolute Gasteiger partial charge is 0.261 e. The van der Waals surface area contributed by atoms with Crippen LogP contribution >= 0.6 is 0 Å². The van der Waals surface area contributed by atoms with Crippen molar-refractivity contribution in [2.24, 2.45) is 4.99 Å². The molecule has 2 aromatic carbocycles. The van der Waals surface area contributed by atoms with Crippen molar-refractivity contribution in [1.82, 2.24) is 15.5 Å². The summed E-state index contributed by atoms with van der Waals surface area (Å²) in [5.74, 6) is 1.80. The lowest BCUT2D eigenvalue weighted by Gasteiger charge is -2.15. The number of unbranched alkanes of at least 4 members (excludes halogenated alkanes) is 1. The van der Waals surface area contributed by atoms with E-state index in [1.807, 2.05) is 18.2 Å². The second kappa shape index (κ2) is 8.86. The van der Waals surface area contributed by atoms with Crippen molar-refractivity contribution in [2.45, 2.75) is 19.4 Å². The normalized spacial score (nSPS) is 14.8. The van der Waals surface area contributed by atoms with Crippen molar-refractivity contribution >= 4 is 17.8 Å². The van der Waals surface area contributed by atoms with Gasteiger partial charge in [0.2, 0.25) is 6.79 Å². The lowest BCUT2D eigenvalue weighted by atomic mass is 10.1. The number of nitrogens with one attached hydrogen (secondary N) is 2. The van der Waals surface area contributed by atoms with E-state index in [1.165, 1.54) is 4.90 Å². The van der Waals surface area contributed by atoms with Crippen LogP contribution in [0.3, 0.4) is 0 Å². The number of hydrogen-bond acceptors (Lipinski definition) is 5. The van der Waals surface area contributed by atoms with Gasteiger partial charge in [-0.3, -0.25) is 19.5 Å². The molecule has 2 heterocycles. The van der Waals surface area contributed by atoms with Gasteiger partial charge in [-0.2, -0.15) is 0 Å². The molecule has 2 aliphatic heterocycles. The number of ether oxygens (including phenoxy) is 2. The monoisotopic (exact) mass is 408 g/mol. The van der Waals surface area contributed by atoms with Gasteiger partial charge in [-0.05, 0) is 42.7 Å². The Kier molecular flexibility index (Phi) is 5.83. The van der Waals surface area contributed by atoms with Crippen LogP contribution in [-0.2, 0) is 6.54 Å². The predicted octanol–water partition coefficient (Wildman–Crippen LogP) is 2.16. The van der Waals surface area contributed by atoms with Crippen LogP contribution < -0.4 is 20.1 Å². The topological polar surface area (TPSA) is 92.3 Å². The first kappa shape index (κ1) is 19.8. The van der Waals surface area contributed by atoms with Gasteiger partial charge >= 0.3 is 0 Å². The molecule has 30 heavy (non-hydrogen) atoms. The SMILES string of the molecule is CN=C(NCCCCN1C(=O)c2ccccc2C1=O)NCc1ccc2c(c1)OCO2. The standard InChI is InChI=1S/C22H24N4O4/c1-23-22(25-13-15-8-9-18-19(12-15)30-14-29-18)24-10-4-5-11-26-20(27)16-6-2-3-7-17(16)21(26)28/h2-3,6-9,12H,4-5,10-11,13-14H2,1H3,(H2,23,24,25). The van der Waals surface area contributed by atoms with Gasteiger partial charge in [-0.25, -0.2) is 0 Å². The highest BCUT2D eigenvalue weighted by Crippen LogP contribution is 2.32. The molecule has 8 nitrogen and oxygen atoms in total. The number of fused-ring (bicyclic) bond motifs is 2. The Morgan fingerprint density at radius 1 is 1.00 bits per heavy atom. The summed E-state index contributed by atoms with van der Waals surface area (Å²) in [6.07, 6.45) is 1.52. The minimum absolute atomic E-state index is 0.204. The Balaban J connectivity index is 1.18. The quantitative estimate of drug-likeness (QED) is 0.316. The van der Waals surface area contributed by atoms with E-state index < -0.39 is 0 Å². The largest absolute Gasteiger partial charge is 0.454 e. The third kappa shape index (κ3) is 4.07. The molecular weight excluding hydrogens is 384 g/mol. The van der Waals surface area contributed by atoms with E-state index >= 15 is 0 Å². The van der Waals surface area contributed by atoms with E-state index in [0.29, 0.717) is 36.7 Å². The fraction of sp³-hybridized carbons (Fsp3) is 0.318. The van der Waals surface area contributed by atoms with E-state index in [9.17, 15) is 9.59 Å². The zero-order chi connectivity index (χ0) is 20.9. The van der Waals surface area contributed by atoms with Crippen molar-refractivity contribution in [3.8, 4) is 11.5 Å². The fourth-order valence-corrected chi connectivity index (χ4v) is 3.50. The molecule has 2 N–H and O–H groups in total. The maximum Gasteiger partial charge on any atom is 0.261 e. The molecule has 0 aromatic heterocycles. The van der Waals surface area contributed by atoms with E-state index in [4.69, 9.17) is 9.47 Å². The lowest BCUT2D eigenvalue weighted by molar-refractivity contribution is 0.0652. The van der Waals surface area contributed by atoms with Crippen LogP contribution in [0.25, 0.3) is 0 Å². The van der Waals surface area contributed by atoms with Crippen molar-refractivity contribution in [3.63, 3.8) is 0 Å². The van der Waals surface area contributed by atoms with Crippen LogP contribution in [0.2, 0.25) is 0 Å². The van der Waals surface area contributed by atoms with Gasteiger partial charge in [-0.15, -0.1) is 0 Å². The van der Waals surface area contributed by atoms with Crippen LogP contribution in [0.15, 0.2) is 47.5 Å². The average Bonchev–Trinajstić information content (AvgIpc) is 3.33. The highest BCUT2D eigenvalue weighted by atomic mass is 16.7. The van der Waals surface area contributed by atoms with Crippen molar-refractivity contribution in [2.75, 3.05) is 26.9 Å². The highest BCUT2D eigenvalue weighted by Gasteiger charge is 2.34. The number of benzene rings is 2. The van der Waals surface area contributed by atoms with E-state index in [-0.39, 0.29) is 18.6 Å². The minimum Gasteiger partial charge on any atom is -0.454 e. The Hall–Kier alpha value is -3.55. The van der Waals surface area contributed by atoms with Crippen LogP contribution in [-0.4, -0.2) is 49.6 Å². The molecule has 156 valence electrons. The molecule has 8 heteroatoms. The second-order valence-corrected chi connectivity index (χ2v) is 7.05.